The Bertz CT molecular complexity index is 689. The van der Waals surface area contributed by atoms with E-state index in [2.05, 4.69) is 26.6 Å². The van der Waals surface area contributed by atoms with Crippen molar-refractivity contribution < 1.29 is 14.0 Å². The summed E-state index contributed by atoms with van der Waals surface area (Å²) in [5, 5.41) is 5.07. The number of halogens is 2. The lowest BCUT2D eigenvalue weighted by Crippen LogP contribution is -2.36. The number of carbonyl (C=O) groups excluding carboxylic acids is 2. The van der Waals surface area contributed by atoms with E-state index in [1.54, 1.807) is 37.3 Å². The van der Waals surface area contributed by atoms with E-state index >= 15 is 0 Å². The second-order valence-electron chi connectivity index (χ2n) is 4.71. The maximum Gasteiger partial charge on any atom is 0.313 e. The first-order chi connectivity index (χ1) is 10.5. The van der Waals surface area contributed by atoms with E-state index in [0.29, 0.717) is 11.3 Å². The van der Waals surface area contributed by atoms with E-state index in [9.17, 15) is 14.0 Å². The molecule has 2 amide bonds. The first-order valence-electron chi connectivity index (χ1n) is 6.58. The molecule has 2 aromatic rings. The normalized spacial score (nSPS) is 11.6. The Balaban J connectivity index is 1.96. The van der Waals surface area contributed by atoms with Gasteiger partial charge < -0.3 is 10.6 Å². The minimum atomic E-state index is -0.757. The Morgan fingerprint density at radius 3 is 2.41 bits per heavy atom. The van der Waals surface area contributed by atoms with Crippen LogP contribution in [0.4, 0.5) is 10.1 Å². The average Bonchev–Trinajstić information content (AvgIpc) is 2.47. The van der Waals surface area contributed by atoms with Crippen LogP contribution < -0.4 is 10.6 Å². The number of nitrogens with one attached hydrogen (secondary N) is 2. The molecule has 6 heteroatoms. The van der Waals surface area contributed by atoms with Crippen molar-refractivity contribution in [3.63, 3.8) is 0 Å². The largest absolute Gasteiger partial charge is 0.341 e. The van der Waals surface area contributed by atoms with Gasteiger partial charge in [0.1, 0.15) is 5.82 Å². The Labute approximate surface area is 135 Å². The first kappa shape index (κ1) is 16.2. The van der Waals surface area contributed by atoms with Crippen molar-refractivity contribution in [3.8, 4) is 0 Å². The average molecular weight is 365 g/mol. The molecule has 0 saturated carbocycles. The molecule has 114 valence electrons. The molecule has 1 atom stereocenters. The van der Waals surface area contributed by atoms with Crippen molar-refractivity contribution in [3.05, 3.63) is 64.4 Å². The molecule has 1 unspecified atom stereocenters. The third-order valence-electron chi connectivity index (χ3n) is 3.01. The van der Waals surface area contributed by atoms with Crippen molar-refractivity contribution in [1.82, 2.24) is 5.32 Å². The number of hydrogen-bond acceptors (Lipinski definition) is 2. The highest BCUT2D eigenvalue weighted by Gasteiger charge is 2.17. The smallest absolute Gasteiger partial charge is 0.313 e. The minimum absolute atomic E-state index is 0.352. The molecule has 22 heavy (non-hydrogen) atoms. The summed E-state index contributed by atoms with van der Waals surface area (Å²) >= 11 is 3.28. The molecule has 0 radical (unpaired) electrons. The number of rotatable bonds is 3. The van der Waals surface area contributed by atoms with Crippen LogP contribution in [0.3, 0.4) is 0 Å². The predicted octanol–water partition coefficient (Wildman–Crippen LogP) is 3.40. The number of anilines is 1. The fraction of sp³-hybridized carbons (Fsp3) is 0.125. The van der Waals surface area contributed by atoms with Gasteiger partial charge in [-0.3, -0.25) is 9.59 Å². The standard InChI is InChI=1S/C16H14BrFN2O2/c1-10(11-5-7-13(18)8-6-11)19-15(21)16(22)20-14-4-2-3-12(17)9-14/h2-10H,1H3,(H,19,21)(H,20,22). The summed E-state index contributed by atoms with van der Waals surface area (Å²) in [5.41, 5.74) is 1.23. The number of benzene rings is 2. The summed E-state index contributed by atoms with van der Waals surface area (Å²) < 4.78 is 13.7. The quantitative estimate of drug-likeness (QED) is 0.820. The molecular weight excluding hydrogens is 351 g/mol. The van der Waals surface area contributed by atoms with Gasteiger partial charge in [0.25, 0.3) is 0 Å². The summed E-state index contributed by atoms with van der Waals surface area (Å²) in [6.07, 6.45) is 0. The molecule has 0 heterocycles. The molecular formula is C16H14BrFN2O2. The summed E-state index contributed by atoms with van der Waals surface area (Å²) in [6.45, 7) is 1.72. The lowest BCUT2D eigenvalue weighted by atomic mass is 10.1. The van der Waals surface area contributed by atoms with Crippen LogP contribution in [-0.2, 0) is 9.59 Å². The number of carbonyl (C=O) groups is 2. The molecule has 0 spiro atoms. The second-order valence-corrected chi connectivity index (χ2v) is 5.63. The molecule has 0 bridgehead atoms. The van der Waals surface area contributed by atoms with Gasteiger partial charge in [-0.25, -0.2) is 4.39 Å². The highest BCUT2D eigenvalue weighted by Crippen LogP contribution is 2.16. The van der Waals surface area contributed by atoms with Crippen molar-refractivity contribution in [2.75, 3.05) is 5.32 Å². The minimum Gasteiger partial charge on any atom is -0.341 e. The number of hydrogen-bond donors (Lipinski definition) is 2. The molecule has 0 aliphatic heterocycles. The Morgan fingerprint density at radius 2 is 1.77 bits per heavy atom. The van der Waals surface area contributed by atoms with Crippen LogP contribution in [0.5, 0.6) is 0 Å². The van der Waals surface area contributed by atoms with Crippen molar-refractivity contribution in [1.29, 1.82) is 0 Å². The zero-order valence-electron chi connectivity index (χ0n) is 11.8. The van der Waals surface area contributed by atoms with Gasteiger partial charge in [0.2, 0.25) is 0 Å². The zero-order valence-corrected chi connectivity index (χ0v) is 13.4. The molecule has 2 rings (SSSR count). The summed E-state index contributed by atoms with van der Waals surface area (Å²) in [4.78, 5) is 23.7. The highest BCUT2D eigenvalue weighted by atomic mass is 79.9. The SMILES string of the molecule is CC(NC(=O)C(=O)Nc1cccc(Br)c1)c1ccc(F)cc1. The molecule has 2 aromatic carbocycles. The Morgan fingerprint density at radius 1 is 1.09 bits per heavy atom. The zero-order chi connectivity index (χ0) is 16.1. The van der Waals surface area contributed by atoms with Gasteiger partial charge in [-0.15, -0.1) is 0 Å². The summed E-state index contributed by atoms with van der Waals surface area (Å²) in [6, 6.07) is 12.3. The molecule has 0 aliphatic rings. The van der Waals surface area contributed by atoms with Crippen LogP contribution in [0.15, 0.2) is 53.0 Å². The van der Waals surface area contributed by atoms with Gasteiger partial charge in [-0.2, -0.15) is 0 Å². The van der Waals surface area contributed by atoms with Gasteiger partial charge in [-0.1, -0.05) is 34.1 Å². The van der Waals surface area contributed by atoms with E-state index in [-0.39, 0.29) is 5.82 Å². The van der Waals surface area contributed by atoms with Gasteiger partial charge in [-0.05, 0) is 42.8 Å². The first-order valence-corrected chi connectivity index (χ1v) is 7.38. The number of amides is 2. The van der Waals surface area contributed by atoms with Crippen LogP contribution in [-0.4, -0.2) is 11.8 Å². The summed E-state index contributed by atoms with van der Waals surface area (Å²) in [7, 11) is 0. The van der Waals surface area contributed by atoms with E-state index in [0.717, 1.165) is 4.47 Å². The summed E-state index contributed by atoms with van der Waals surface area (Å²) in [5.74, 6) is -1.86. The predicted molar refractivity (Wildman–Crippen MR) is 85.7 cm³/mol. The fourth-order valence-electron chi connectivity index (χ4n) is 1.85. The molecule has 0 saturated heterocycles. The van der Waals surface area contributed by atoms with E-state index < -0.39 is 17.9 Å². The second kappa shape index (κ2) is 7.17. The lowest BCUT2D eigenvalue weighted by molar-refractivity contribution is -0.136. The van der Waals surface area contributed by atoms with Gasteiger partial charge in [0, 0.05) is 10.2 Å². The van der Waals surface area contributed by atoms with Crippen LogP contribution in [0.1, 0.15) is 18.5 Å². The fourth-order valence-corrected chi connectivity index (χ4v) is 2.25. The molecule has 0 aliphatic carbocycles. The molecule has 0 fully saturated rings. The third-order valence-corrected chi connectivity index (χ3v) is 3.50. The van der Waals surface area contributed by atoms with Crippen LogP contribution in [0, 0.1) is 5.82 Å². The van der Waals surface area contributed by atoms with Gasteiger partial charge in [0.05, 0.1) is 6.04 Å². The molecule has 0 aromatic heterocycles. The molecule has 2 N–H and O–H groups in total. The Hall–Kier alpha value is -2.21. The van der Waals surface area contributed by atoms with Crippen molar-refractivity contribution in [2.45, 2.75) is 13.0 Å². The van der Waals surface area contributed by atoms with Crippen LogP contribution in [0.2, 0.25) is 0 Å². The Kier molecular flexibility index (Phi) is 5.27. The van der Waals surface area contributed by atoms with Gasteiger partial charge >= 0.3 is 11.8 Å². The van der Waals surface area contributed by atoms with Crippen LogP contribution in [0.25, 0.3) is 0 Å². The van der Waals surface area contributed by atoms with E-state index in [1.165, 1.54) is 12.1 Å². The lowest BCUT2D eigenvalue weighted by Gasteiger charge is -2.14. The van der Waals surface area contributed by atoms with Crippen LogP contribution >= 0.6 is 15.9 Å². The molecule has 4 nitrogen and oxygen atoms in total. The highest BCUT2D eigenvalue weighted by molar-refractivity contribution is 9.10. The monoisotopic (exact) mass is 364 g/mol. The third kappa shape index (κ3) is 4.39. The van der Waals surface area contributed by atoms with Crippen molar-refractivity contribution in [2.24, 2.45) is 0 Å². The van der Waals surface area contributed by atoms with Gasteiger partial charge in [0.15, 0.2) is 0 Å². The maximum absolute atomic E-state index is 12.9. The van der Waals surface area contributed by atoms with Crippen molar-refractivity contribution >= 4 is 33.4 Å². The topological polar surface area (TPSA) is 58.2 Å². The van der Waals surface area contributed by atoms with E-state index in [1.807, 2.05) is 6.07 Å². The van der Waals surface area contributed by atoms with E-state index in [4.69, 9.17) is 0 Å². The maximum atomic E-state index is 12.9.